The first kappa shape index (κ1) is 9.21. The Morgan fingerprint density at radius 3 is 2.64 bits per heavy atom. The first-order chi connectivity index (χ1) is 6.75. The Balaban J connectivity index is 2.05. The Bertz CT molecular complexity index is 366. The second-order valence-corrected chi connectivity index (χ2v) is 4.12. The second-order valence-electron chi connectivity index (χ2n) is 2.94. The highest BCUT2D eigenvalue weighted by Crippen LogP contribution is 2.22. The summed E-state index contributed by atoms with van der Waals surface area (Å²) in [5.74, 6) is -0.197. The minimum absolute atomic E-state index is 0.197. The maximum Gasteiger partial charge on any atom is 0.286 e. The number of rotatable bonds is 2. The number of amides is 2. The van der Waals surface area contributed by atoms with Crippen molar-refractivity contribution in [3.63, 3.8) is 0 Å². The van der Waals surface area contributed by atoms with Crippen molar-refractivity contribution in [2.24, 2.45) is 0 Å². The fourth-order valence-electron chi connectivity index (χ4n) is 1.26. The van der Waals surface area contributed by atoms with Gasteiger partial charge in [-0.2, -0.15) is 0 Å². The average molecular weight is 208 g/mol. The minimum Gasteiger partial charge on any atom is -0.286 e. The summed E-state index contributed by atoms with van der Waals surface area (Å²) >= 11 is 1.05. The zero-order valence-corrected chi connectivity index (χ0v) is 8.08. The molecule has 1 N–H and O–H groups in total. The average Bonchev–Trinajstić information content (AvgIpc) is 2.47. The highest BCUT2D eigenvalue weighted by molar-refractivity contribution is 8.15. The molecule has 0 aromatic carbocycles. The van der Waals surface area contributed by atoms with E-state index in [0.29, 0.717) is 6.42 Å². The number of pyridine rings is 1. The minimum atomic E-state index is -0.287. The number of aromatic nitrogens is 1. The topological polar surface area (TPSA) is 59.1 Å². The Morgan fingerprint density at radius 1 is 1.36 bits per heavy atom. The summed E-state index contributed by atoms with van der Waals surface area (Å²) in [5.41, 5.74) is 1.02. The number of carbonyl (C=O) groups excluding carboxylic acids is 2. The SMILES string of the molecule is O=C1NC(=O)[C@@H](Cc2ccncc2)S1. The number of hydrogen-bond donors (Lipinski definition) is 1. The van der Waals surface area contributed by atoms with Crippen LogP contribution in [-0.2, 0) is 11.2 Å². The molecule has 4 nitrogen and oxygen atoms in total. The van der Waals surface area contributed by atoms with Gasteiger partial charge in [0, 0.05) is 12.4 Å². The molecule has 0 aliphatic carbocycles. The van der Waals surface area contributed by atoms with E-state index in [-0.39, 0.29) is 16.4 Å². The number of nitrogens with one attached hydrogen (secondary N) is 1. The van der Waals surface area contributed by atoms with Crippen LogP contribution in [0.1, 0.15) is 5.56 Å². The molecule has 0 unspecified atom stereocenters. The van der Waals surface area contributed by atoms with Crippen molar-refractivity contribution in [1.29, 1.82) is 0 Å². The lowest BCUT2D eigenvalue weighted by Crippen LogP contribution is -2.25. The van der Waals surface area contributed by atoms with E-state index in [9.17, 15) is 9.59 Å². The smallest absolute Gasteiger partial charge is 0.286 e. The predicted octanol–water partition coefficient (Wildman–Crippen LogP) is 0.976. The molecule has 1 atom stereocenters. The molecule has 0 radical (unpaired) electrons. The van der Waals surface area contributed by atoms with Gasteiger partial charge in [-0.3, -0.25) is 19.9 Å². The fraction of sp³-hybridized carbons (Fsp3) is 0.222. The number of imide groups is 1. The van der Waals surface area contributed by atoms with Crippen LogP contribution in [-0.4, -0.2) is 21.4 Å². The third-order valence-electron chi connectivity index (χ3n) is 1.94. The van der Waals surface area contributed by atoms with Crippen molar-refractivity contribution in [2.45, 2.75) is 11.7 Å². The van der Waals surface area contributed by atoms with Gasteiger partial charge in [-0.15, -0.1) is 0 Å². The van der Waals surface area contributed by atoms with Crippen LogP contribution in [0.3, 0.4) is 0 Å². The molecular formula is C9H8N2O2S. The summed E-state index contributed by atoms with van der Waals surface area (Å²) < 4.78 is 0. The molecule has 72 valence electrons. The largest absolute Gasteiger partial charge is 0.286 e. The van der Waals surface area contributed by atoms with Crippen molar-refractivity contribution in [3.05, 3.63) is 30.1 Å². The highest BCUT2D eigenvalue weighted by Gasteiger charge is 2.31. The highest BCUT2D eigenvalue weighted by atomic mass is 32.2. The van der Waals surface area contributed by atoms with E-state index >= 15 is 0 Å². The molecule has 1 saturated heterocycles. The summed E-state index contributed by atoms with van der Waals surface area (Å²) in [6, 6.07) is 3.69. The van der Waals surface area contributed by atoms with Gasteiger partial charge in [0.15, 0.2) is 0 Å². The van der Waals surface area contributed by atoms with Crippen LogP contribution in [0.2, 0.25) is 0 Å². The molecule has 1 aromatic heterocycles. The molecule has 14 heavy (non-hydrogen) atoms. The maximum absolute atomic E-state index is 11.2. The van der Waals surface area contributed by atoms with E-state index in [1.54, 1.807) is 12.4 Å². The molecule has 2 heterocycles. The molecule has 0 bridgehead atoms. The molecule has 0 saturated carbocycles. The third-order valence-corrected chi connectivity index (χ3v) is 2.92. The van der Waals surface area contributed by atoms with Crippen LogP contribution in [0.15, 0.2) is 24.5 Å². The van der Waals surface area contributed by atoms with E-state index in [4.69, 9.17) is 0 Å². The normalized spacial score (nSPS) is 21.0. The van der Waals surface area contributed by atoms with Crippen molar-refractivity contribution >= 4 is 22.9 Å². The van der Waals surface area contributed by atoms with Gasteiger partial charge in [-0.05, 0) is 24.1 Å². The number of nitrogens with zero attached hydrogens (tertiary/aromatic N) is 1. The fourth-order valence-corrected chi connectivity index (χ4v) is 2.12. The van der Waals surface area contributed by atoms with E-state index in [2.05, 4.69) is 10.3 Å². The van der Waals surface area contributed by atoms with Gasteiger partial charge in [0.1, 0.15) is 0 Å². The van der Waals surface area contributed by atoms with Crippen LogP contribution < -0.4 is 5.32 Å². The number of carbonyl (C=O) groups is 2. The first-order valence-corrected chi connectivity index (χ1v) is 5.04. The van der Waals surface area contributed by atoms with Crippen LogP contribution in [0.4, 0.5) is 4.79 Å². The zero-order chi connectivity index (χ0) is 9.97. The Hall–Kier alpha value is -1.36. The van der Waals surface area contributed by atoms with Crippen molar-refractivity contribution < 1.29 is 9.59 Å². The lowest BCUT2D eigenvalue weighted by Gasteiger charge is -2.03. The molecule has 1 aromatic rings. The van der Waals surface area contributed by atoms with Crippen molar-refractivity contribution in [3.8, 4) is 0 Å². The summed E-state index contributed by atoms with van der Waals surface area (Å²) in [7, 11) is 0. The molecule has 2 rings (SSSR count). The number of hydrogen-bond acceptors (Lipinski definition) is 4. The monoisotopic (exact) mass is 208 g/mol. The van der Waals surface area contributed by atoms with E-state index in [0.717, 1.165) is 17.3 Å². The van der Waals surface area contributed by atoms with Crippen LogP contribution in [0.5, 0.6) is 0 Å². The van der Waals surface area contributed by atoms with Gasteiger partial charge in [0.25, 0.3) is 5.24 Å². The van der Waals surface area contributed by atoms with Gasteiger partial charge in [0.05, 0.1) is 5.25 Å². The second kappa shape index (κ2) is 3.79. The summed E-state index contributed by atoms with van der Waals surface area (Å²) in [4.78, 5) is 26.0. The van der Waals surface area contributed by atoms with Gasteiger partial charge >= 0.3 is 0 Å². The third kappa shape index (κ3) is 1.93. The van der Waals surface area contributed by atoms with Gasteiger partial charge in [0.2, 0.25) is 5.91 Å². The predicted molar refractivity (Wildman–Crippen MR) is 52.9 cm³/mol. The molecular weight excluding hydrogens is 200 g/mol. The van der Waals surface area contributed by atoms with E-state index < -0.39 is 0 Å². The van der Waals surface area contributed by atoms with Gasteiger partial charge in [-0.1, -0.05) is 11.8 Å². The summed E-state index contributed by atoms with van der Waals surface area (Å²) in [6.07, 6.45) is 3.92. The lowest BCUT2D eigenvalue weighted by molar-refractivity contribution is -0.118. The van der Waals surface area contributed by atoms with Crippen molar-refractivity contribution in [2.75, 3.05) is 0 Å². The zero-order valence-electron chi connectivity index (χ0n) is 7.27. The Labute approximate surface area is 85.1 Å². The lowest BCUT2D eigenvalue weighted by atomic mass is 10.1. The molecule has 1 aliphatic heterocycles. The first-order valence-electron chi connectivity index (χ1n) is 4.16. The Kier molecular flexibility index (Phi) is 2.49. The van der Waals surface area contributed by atoms with E-state index in [1.165, 1.54) is 0 Å². The standard InChI is InChI=1S/C9H8N2O2S/c12-8-7(14-9(13)11-8)5-6-1-3-10-4-2-6/h1-4,7H,5H2,(H,11,12,13)/t7-/m1/s1. The molecule has 0 spiro atoms. The molecule has 1 aliphatic rings. The van der Waals surface area contributed by atoms with Crippen LogP contribution >= 0.6 is 11.8 Å². The molecule has 5 heteroatoms. The molecule has 1 fully saturated rings. The van der Waals surface area contributed by atoms with Gasteiger partial charge < -0.3 is 0 Å². The van der Waals surface area contributed by atoms with Crippen LogP contribution in [0, 0.1) is 0 Å². The molecule has 2 amide bonds. The Morgan fingerprint density at radius 2 is 2.07 bits per heavy atom. The van der Waals surface area contributed by atoms with Gasteiger partial charge in [-0.25, -0.2) is 0 Å². The quantitative estimate of drug-likeness (QED) is 0.787. The number of thioether (sulfide) groups is 1. The summed E-state index contributed by atoms with van der Waals surface area (Å²) in [6.45, 7) is 0. The van der Waals surface area contributed by atoms with E-state index in [1.807, 2.05) is 12.1 Å². The summed E-state index contributed by atoms with van der Waals surface area (Å²) in [5, 5.41) is 1.71. The maximum atomic E-state index is 11.2. The van der Waals surface area contributed by atoms with Crippen molar-refractivity contribution in [1.82, 2.24) is 10.3 Å². The van der Waals surface area contributed by atoms with Crippen LogP contribution in [0.25, 0.3) is 0 Å².